The van der Waals surface area contributed by atoms with E-state index in [0.29, 0.717) is 13.1 Å². The summed E-state index contributed by atoms with van der Waals surface area (Å²) in [6, 6.07) is 0. The molecule has 5 nitrogen and oxygen atoms in total. The Kier molecular flexibility index (Phi) is 5.56. The van der Waals surface area contributed by atoms with Gasteiger partial charge in [0.15, 0.2) is 0 Å². The number of carbonyl (C=O) groups is 1. The SMILES string of the molecule is CNCC(=O)NCC(C)(C)N1CC(C)OC(C)C1. The first kappa shape index (κ1) is 15.4. The van der Waals surface area contributed by atoms with Gasteiger partial charge in [0, 0.05) is 25.2 Å². The van der Waals surface area contributed by atoms with E-state index in [2.05, 4.69) is 43.2 Å². The summed E-state index contributed by atoms with van der Waals surface area (Å²) in [6.45, 7) is 11.4. The van der Waals surface area contributed by atoms with E-state index in [-0.39, 0.29) is 23.7 Å². The van der Waals surface area contributed by atoms with Crippen molar-refractivity contribution in [3.05, 3.63) is 0 Å². The summed E-state index contributed by atoms with van der Waals surface area (Å²) in [7, 11) is 1.77. The second-order valence-electron chi connectivity index (χ2n) is 5.78. The maximum Gasteiger partial charge on any atom is 0.234 e. The van der Waals surface area contributed by atoms with Crippen LogP contribution in [0.15, 0.2) is 0 Å². The van der Waals surface area contributed by atoms with Crippen molar-refractivity contribution in [2.75, 3.05) is 33.2 Å². The minimum atomic E-state index is -0.0459. The van der Waals surface area contributed by atoms with Crippen molar-refractivity contribution in [2.45, 2.75) is 45.4 Å². The van der Waals surface area contributed by atoms with Crippen molar-refractivity contribution in [2.24, 2.45) is 0 Å². The van der Waals surface area contributed by atoms with Crippen molar-refractivity contribution >= 4 is 5.91 Å². The van der Waals surface area contributed by atoms with Crippen LogP contribution in [0.2, 0.25) is 0 Å². The quantitative estimate of drug-likeness (QED) is 0.739. The van der Waals surface area contributed by atoms with Gasteiger partial charge in [0.25, 0.3) is 0 Å². The summed E-state index contributed by atoms with van der Waals surface area (Å²) < 4.78 is 5.74. The van der Waals surface area contributed by atoms with Crippen molar-refractivity contribution in [1.82, 2.24) is 15.5 Å². The molecule has 1 rings (SSSR count). The van der Waals surface area contributed by atoms with Crippen LogP contribution in [0.3, 0.4) is 0 Å². The fourth-order valence-corrected chi connectivity index (χ4v) is 2.32. The molecule has 106 valence electrons. The molecule has 1 amide bonds. The predicted molar refractivity (Wildman–Crippen MR) is 72.6 cm³/mol. The Labute approximate surface area is 110 Å². The molecule has 0 spiro atoms. The zero-order valence-electron chi connectivity index (χ0n) is 12.2. The monoisotopic (exact) mass is 257 g/mol. The van der Waals surface area contributed by atoms with Crippen LogP contribution in [0.25, 0.3) is 0 Å². The van der Waals surface area contributed by atoms with Gasteiger partial charge in [-0.1, -0.05) is 0 Å². The van der Waals surface area contributed by atoms with Gasteiger partial charge in [0.2, 0.25) is 5.91 Å². The molecule has 0 radical (unpaired) electrons. The van der Waals surface area contributed by atoms with E-state index in [1.165, 1.54) is 0 Å². The van der Waals surface area contributed by atoms with Crippen LogP contribution in [0.1, 0.15) is 27.7 Å². The summed E-state index contributed by atoms with van der Waals surface area (Å²) in [5.74, 6) is 0.0416. The van der Waals surface area contributed by atoms with E-state index >= 15 is 0 Å². The number of nitrogens with one attached hydrogen (secondary N) is 2. The Bertz CT molecular complexity index is 271. The topological polar surface area (TPSA) is 53.6 Å². The normalized spacial score (nSPS) is 26.1. The lowest BCUT2D eigenvalue weighted by atomic mass is 10.00. The molecule has 1 aliphatic heterocycles. The smallest absolute Gasteiger partial charge is 0.234 e. The third-order valence-corrected chi connectivity index (χ3v) is 3.33. The highest BCUT2D eigenvalue weighted by Crippen LogP contribution is 2.20. The summed E-state index contributed by atoms with van der Waals surface area (Å²) in [5.41, 5.74) is -0.0459. The van der Waals surface area contributed by atoms with E-state index < -0.39 is 0 Å². The van der Waals surface area contributed by atoms with E-state index in [1.54, 1.807) is 7.05 Å². The number of hydrogen-bond acceptors (Lipinski definition) is 4. The van der Waals surface area contributed by atoms with Gasteiger partial charge < -0.3 is 15.4 Å². The second-order valence-corrected chi connectivity index (χ2v) is 5.78. The lowest BCUT2D eigenvalue weighted by molar-refractivity contribution is -0.122. The minimum Gasteiger partial charge on any atom is -0.373 e. The summed E-state index contributed by atoms with van der Waals surface area (Å²) in [4.78, 5) is 13.9. The number of morpholine rings is 1. The highest BCUT2D eigenvalue weighted by Gasteiger charge is 2.33. The predicted octanol–water partition coefficient (Wildman–Crippen LogP) is 0.210. The number of hydrogen-bond donors (Lipinski definition) is 2. The van der Waals surface area contributed by atoms with Gasteiger partial charge in [-0.05, 0) is 34.7 Å². The molecule has 0 saturated carbocycles. The van der Waals surface area contributed by atoms with Crippen LogP contribution in [0.4, 0.5) is 0 Å². The zero-order chi connectivity index (χ0) is 13.8. The van der Waals surface area contributed by atoms with E-state index in [0.717, 1.165) is 13.1 Å². The van der Waals surface area contributed by atoms with Gasteiger partial charge in [-0.2, -0.15) is 0 Å². The third kappa shape index (κ3) is 4.55. The number of rotatable bonds is 5. The molecule has 2 atom stereocenters. The van der Waals surface area contributed by atoms with Crippen LogP contribution in [-0.2, 0) is 9.53 Å². The van der Waals surface area contributed by atoms with Crippen LogP contribution in [-0.4, -0.2) is 61.8 Å². The van der Waals surface area contributed by atoms with E-state index in [9.17, 15) is 4.79 Å². The Balaban J connectivity index is 2.48. The van der Waals surface area contributed by atoms with Crippen molar-refractivity contribution < 1.29 is 9.53 Å². The Morgan fingerprint density at radius 2 is 1.89 bits per heavy atom. The van der Waals surface area contributed by atoms with Crippen LogP contribution >= 0.6 is 0 Å². The van der Waals surface area contributed by atoms with Gasteiger partial charge in [-0.15, -0.1) is 0 Å². The average Bonchev–Trinajstić information content (AvgIpc) is 2.26. The molecular formula is C13H27N3O2. The summed E-state index contributed by atoms with van der Waals surface area (Å²) >= 11 is 0. The van der Waals surface area contributed by atoms with Gasteiger partial charge in [0.1, 0.15) is 0 Å². The van der Waals surface area contributed by atoms with Gasteiger partial charge in [0.05, 0.1) is 18.8 Å². The molecule has 0 aliphatic carbocycles. The first-order valence-corrected chi connectivity index (χ1v) is 6.67. The van der Waals surface area contributed by atoms with Crippen molar-refractivity contribution in [3.8, 4) is 0 Å². The molecular weight excluding hydrogens is 230 g/mol. The minimum absolute atomic E-state index is 0.0416. The molecule has 2 unspecified atom stereocenters. The van der Waals surface area contributed by atoms with E-state index in [1.807, 2.05) is 0 Å². The molecule has 0 aromatic carbocycles. The van der Waals surface area contributed by atoms with Gasteiger partial charge >= 0.3 is 0 Å². The number of likely N-dealkylation sites (N-methyl/N-ethyl adjacent to an activating group) is 1. The third-order valence-electron chi connectivity index (χ3n) is 3.33. The average molecular weight is 257 g/mol. The fraction of sp³-hybridized carbons (Fsp3) is 0.923. The van der Waals surface area contributed by atoms with Crippen LogP contribution < -0.4 is 10.6 Å². The molecule has 1 heterocycles. The molecule has 1 aliphatic rings. The maximum absolute atomic E-state index is 11.5. The molecule has 2 N–H and O–H groups in total. The Morgan fingerprint density at radius 3 is 2.39 bits per heavy atom. The molecule has 18 heavy (non-hydrogen) atoms. The maximum atomic E-state index is 11.5. The Morgan fingerprint density at radius 1 is 1.33 bits per heavy atom. The molecule has 1 saturated heterocycles. The van der Waals surface area contributed by atoms with Crippen LogP contribution in [0, 0.1) is 0 Å². The number of ether oxygens (including phenoxy) is 1. The number of amides is 1. The zero-order valence-corrected chi connectivity index (χ0v) is 12.2. The highest BCUT2D eigenvalue weighted by molar-refractivity contribution is 5.78. The lowest BCUT2D eigenvalue weighted by Crippen LogP contribution is -2.59. The lowest BCUT2D eigenvalue weighted by Gasteiger charge is -2.45. The van der Waals surface area contributed by atoms with Crippen molar-refractivity contribution in [3.63, 3.8) is 0 Å². The first-order chi connectivity index (χ1) is 8.35. The first-order valence-electron chi connectivity index (χ1n) is 6.67. The standard InChI is InChI=1S/C13H27N3O2/c1-10-7-16(8-11(2)18-10)13(3,4)9-15-12(17)6-14-5/h10-11,14H,6-9H2,1-5H3,(H,15,17). The highest BCUT2D eigenvalue weighted by atomic mass is 16.5. The summed E-state index contributed by atoms with van der Waals surface area (Å²) in [6.07, 6.45) is 0.502. The largest absolute Gasteiger partial charge is 0.373 e. The number of nitrogens with zero attached hydrogens (tertiary/aromatic N) is 1. The molecule has 0 aromatic rings. The van der Waals surface area contributed by atoms with E-state index in [4.69, 9.17) is 4.74 Å². The fourth-order valence-electron chi connectivity index (χ4n) is 2.32. The molecule has 0 bridgehead atoms. The molecule has 5 heteroatoms. The van der Waals surface area contributed by atoms with Crippen molar-refractivity contribution in [1.29, 1.82) is 0 Å². The van der Waals surface area contributed by atoms with Gasteiger partial charge in [-0.3, -0.25) is 9.69 Å². The second kappa shape index (κ2) is 6.50. The molecule has 1 fully saturated rings. The van der Waals surface area contributed by atoms with Crippen LogP contribution in [0.5, 0.6) is 0 Å². The molecule has 0 aromatic heterocycles. The Hall–Kier alpha value is -0.650. The van der Waals surface area contributed by atoms with Gasteiger partial charge in [-0.25, -0.2) is 0 Å². The number of carbonyl (C=O) groups excluding carboxylic acids is 1. The summed E-state index contributed by atoms with van der Waals surface area (Å²) in [5, 5.41) is 5.82.